The Balaban J connectivity index is 2.15. The number of aromatic amines is 1. The van der Waals surface area contributed by atoms with Gasteiger partial charge in [0.05, 0.1) is 12.2 Å². The van der Waals surface area contributed by atoms with Crippen LogP contribution in [0.25, 0.3) is 0 Å². The molecular formula is C10H12BrN5. The summed E-state index contributed by atoms with van der Waals surface area (Å²) < 4.78 is 0.780. The van der Waals surface area contributed by atoms with Crippen molar-refractivity contribution in [3.05, 3.63) is 34.5 Å². The van der Waals surface area contributed by atoms with Crippen molar-refractivity contribution in [2.24, 2.45) is 0 Å². The van der Waals surface area contributed by atoms with E-state index >= 15 is 0 Å². The fourth-order valence-corrected chi connectivity index (χ4v) is 1.88. The van der Waals surface area contributed by atoms with Gasteiger partial charge in [-0.2, -0.15) is 5.10 Å². The van der Waals surface area contributed by atoms with Gasteiger partial charge in [0.2, 0.25) is 0 Å². The standard InChI is InChI=1S/C10H12BrN5/c1-6(8-4-12-13-5-8)14-10-3-9(11)15-7(2)16-10/h3-6H,1-2H3,(H,12,13)(H,14,15,16). The summed E-state index contributed by atoms with van der Waals surface area (Å²) in [5, 5.41) is 9.98. The molecule has 0 radical (unpaired) electrons. The van der Waals surface area contributed by atoms with Gasteiger partial charge in [0.15, 0.2) is 0 Å². The first kappa shape index (κ1) is 11.1. The number of aryl methyl sites for hydroxylation is 1. The van der Waals surface area contributed by atoms with E-state index in [9.17, 15) is 0 Å². The molecule has 0 bridgehead atoms. The van der Waals surface area contributed by atoms with Crippen LogP contribution < -0.4 is 5.32 Å². The normalized spacial score (nSPS) is 12.4. The summed E-state index contributed by atoms with van der Waals surface area (Å²) in [7, 11) is 0. The second-order valence-electron chi connectivity index (χ2n) is 3.52. The van der Waals surface area contributed by atoms with Crippen LogP contribution in [0, 0.1) is 6.92 Å². The zero-order chi connectivity index (χ0) is 11.5. The summed E-state index contributed by atoms with van der Waals surface area (Å²) in [6, 6.07) is 2.00. The number of hydrogen-bond acceptors (Lipinski definition) is 4. The lowest BCUT2D eigenvalue weighted by atomic mass is 10.2. The Morgan fingerprint density at radius 3 is 2.88 bits per heavy atom. The Labute approximate surface area is 102 Å². The summed E-state index contributed by atoms with van der Waals surface area (Å²) >= 11 is 3.34. The van der Waals surface area contributed by atoms with E-state index in [1.165, 1.54) is 0 Å². The molecule has 2 N–H and O–H groups in total. The second-order valence-corrected chi connectivity index (χ2v) is 4.33. The van der Waals surface area contributed by atoms with Crippen LogP contribution in [0.5, 0.6) is 0 Å². The molecule has 0 saturated heterocycles. The third-order valence-corrected chi connectivity index (χ3v) is 2.60. The quantitative estimate of drug-likeness (QED) is 0.848. The van der Waals surface area contributed by atoms with Crippen LogP contribution in [0.4, 0.5) is 5.82 Å². The van der Waals surface area contributed by atoms with Crippen molar-refractivity contribution in [2.45, 2.75) is 19.9 Å². The lowest BCUT2D eigenvalue weighted by Gasteiger charge is -2.12. The molecule has 0 fully saturated rings. The van der Waals surface area contributed by atoms with Gasteiger partial charge < -0.3 is 5.32 Å². The van der Waals surface area contributed by atoms with E-state index in [0.29, 0.717) is 0 Å². The number of hydrogen-bond donors (Lipinski definition) is 2. The van der Waals surface area contributed by atoms with Crippen LogP contribution in [-0.2, 0) is 0 Å². The Morgan fingerprint density at radius 1 is 1.44 bits per heavy atom. The van der Waals surface area contributed by atoms with Crippen molar-refractivity contribution in [2.75, 3.05) is 5.32 Å². The van der Waals surface area contributed by atoms with Crippen molar-refractivity contribution in [3.63, 3.8) is 0 Å². The van der Waals surface area contributed by atoms with Gasteiger partial charge in [-0.1, -0.05) is 0 Å². The van der Waals surface area contributed by atoms with Crippen molar-refractivity contribution in [1.29, 1.82) is 0 Å². The minimum absolute atomic E-state index is 0.153. The number of nitrogens with zero attached hydrogens (tertiary/aromatic N) is 3. The maximum absolute atomic E-state index is 4.30. The molecule has 2 heterocycles. The first-order valence-corrected chi connectivity index (χ1v) is 5.71. The average Bonchev–Trinajstić information content (AvgIpc) is 2.68. The Bertz CT molecular complexity index is 448. The zero-order valence-electron chi connectivity index (χ0n) is 9.03. The topological polar surface area (TPSA) is 66.5 Å². The molecule has 2 rings (SSSR count). The molecule has 2 aromatic heterocycles. The first-order chi connectivity index (χ1) is 7.65. The molecule has 1 atom stereocenters. The van der Waals surface area contributed by atoms with Gasteiger partial charge in [-0.3, -0.25) is 5.10 Å². The highest BCUT2D eigenvalue weighted by Crippen LogP contribution is 2.18. The van der Waals surface area contributed by atoms with Crippen molar-refractivity contribution in [1.82, 2.24) is 20.2 Å². The summed E-state index contributed by atoms with van der Waals surface area (Å²) in [6.45, 7) is 3.91. The van der Waals surface area contributed by atoms with Crippen molar-refractivity contribution < 1.29 is 0 Å². The van der Waals surface area contributed by atoms with Crippen LogP contribution in [0.2, 0.25) is 0 Å². The third-order valence-electron chi connectivity index (χ3n) is 2.19. The highest BCUT2D eigenvalue weighted by molar-refractivity contribution is 9.10. The van der Waals surface area contributed by atoms with Gasteiger partial charge in [0.1, 0.15) is 16.2 Å². The van der Waals surface area contributed by atoms with E-state index < -0.39 is 0 Å². The van der Waals surface area contributed by atoms with Gasteiger partial charge in [0.25, 0.3) is 0 Å². The number of nitrogens with one attached hydrogen (secondary N) is 2. The molecule has 0 saturated carbocycles. The molecular weight excluding hydrogens is 270 g/mol. The monoisotopic (exact) mass is 281 g/mol. The van der Waals surface area contributed by atoms with Gasteiger partial charge in [0, 0.05) is 17.8 Å². The van der Waals surface area contributed by atoms with E-state index in [4.69, 9.17) is 0 Å². The summed E-state index contributed by atoms with van der Waals surface area (Å²) in [5.74, 6) is 1.53. The van der Waals surface area contributed by atoms with E-state index in [1.807, 2.05) is 19.2 Å². The number of aromatic nitrogens is 4. The summed E-state index contributed by atoms with van der Waals surface area (Å²) in [5.41, 5.74) is 1.09. The molecule has 0 aliphatic rings. The summed E-state index contributed by atoms with van der Waals surface area (Å²) in [6.07, 6.45) is 3.65. The number of rotatable bonds is 3. The van der Waals surface area contributed by atoms with Gasteiger partial charge in [-0.25, -0.2) is 9.97 Å². The minimum Gasteiger partial charge on any atom is -0.363 e. The van der Waals surface area contributed by atoms with Crippen LogP contribution in [-0.4, -0.2) is 20.2 Å². The second kappa shape index (κ2) is 4.61. The highest BCUT2D eigenvalue weighted by atomic mass is 79.9. The van der Waals surface area contributed by atoms with E-state index in [1.54, 1.807) is 6.20 Å². The molecule has 0 amide bonds. The molecule has 6 heteroatoms. The molecule has 84 valence electrons. The number of anilines is 1. The van der Waals surface area contributed by atoms with Gasteiger partial charge >= 0.3 is 0 Å². The van der Waals surface area contributed by atoms with Crippen molar-refractivity contribution in [3.8, 4) is 0 Å². The van der Waals surface area contributed by atoms with Crippen molar-refractivity contribution >= 4 is 21.7 Å². The largest absolute Gasteiger partial charge is 0.363 e. The Morgan fingerprint density at radius 2 is 2.25 bits per heavy atom. The van der Waals surface area contributed by atoms with Crippen LogP contribution in [0.1, 0.15) is 24.4 Å². The molecule has 0 aromatic carbocycles. The van der Waals surface area contributed by atoms with Crippen LogP contribution in [0.15, 0.2) is 23.1 Å². The number of H-pyrrole nitrogens is 1. The smallest absolute Gasteiger partial charge is 0.131 e. The first-order valence-electron chi connectivity index (χ1n) is 4.91. The maximum atomic E-state index is 4.30. The minimum atomic E-state index is 0.153. The van der Waals surface area contributed by atoms with E-state index in [-0.39, 0.29) is 6.04 Å². The van der Waals surface area contributed by atoms with Gasteiger partial charge in [-0.05, 0) is 29.8 Å². The Kier molecular flexibility index (Phi) is 3.19. The number of halogens is 1. The summed E-state index contributed by atoms with van der Waals surface area (Å²) in [4.78, 5) is 8.45. The average molecular weight is 282 g/mol. The SMILES string of the molecule is Cc1nc(Br)cc(NC(C)c2cn[nH]c2)n1. The van der Waals surface area contributed by atoms with Gasteiger partial charge in [-0.15, -0.1) is 0 Å². The molecule has 16 heavy (non-hydrogen) atoms. The lowest BCUT2D eigenvalue weighted by Crippen LogP contribution is -2.08. The van der Waals surface area contributed by atoms with E-state index in [2.05, 4.69) is 48.3 Å². The Hall–Kier alpha value is -1.43. The maximum Gasteiger partial charge on any atom is 0.131 e. The molecule has 0 aliphatic heterocycles. The predicted octanol–water partition coefficient (Wildman–Crippen LogP) is 2.44. The molecule has 2 aromatic rings. The van der Waals surface area contributed by atoms with E-state index in [0.717, 1.165) is 21.8 Å². The fraction of sp³-hybridized carbons (Fsp3) is 0.300. The third kappa shape index (κ3) is 2.57. The fourth-order valence-electron chi connectivity index (χ4n) is 1.41. The molecule has 1 unspecified atom stereocenters. The molecule has 0 spiro atoms. The zero-order valence-corrected chi connectivity index (χ0v) is 10.6. The lowest BCUT2D eigenvalue weighted by molar-refractivity contribution is 0.866. The molecule has 0 aliphatic carbocycles. The van der Waals surface area contributed by atoms with Crippen LogP contribution in [0.3, 0.4) is 0 Å². The van der Waals surface area contributed by atoms with Crippen LogP contribution >= 0.6 is 15.9 Å². The highest BCUT2D eigenvalue weighted by Gasteiger charge is 2.07. The molecule has 5 nitrogen and oxygen atoms in total. The predicted molar refractivity (Wildman–Crippen MR) is 65.1 cm³/mol.